The Kier molecular flexibility index (Phi) is 6.14. The van der Waals surface area contributed by atoms with Crippen LogP contribution in [0.25, 0.3) is 0 Å². The maximum atomic E-state index is 5.26. The second kappa shape index (κ2) is 9.13. The van der Waals surface area contributed by atoms with E-state index in [4.69, 9.17) is 9.72 Å². The van der Waals surface area contributed by atoms with Crippen molar-refractivity contribution in [2.45, 2.75) is 44.6 Å². The van der Waals surface area contributed by atoms with Crippen molar-refractivity contribution < 1.29 is 4.74 Å². The number of nitrogens with one attached hydrogen (secondary N) is 1. The molecule has 2 aromatic rings. The first-order chi connectivity index (χ1) is 13.8. The standard InChI is InChI=1S/C22H31N5O/c1-28-20-10-8-19(9-11-20)26-14-16-27(17-15-26)21-12-13-23-22(25-21)24-18-6-4-2-3-5-7-18/h8-13,18H,2-7,14-17H2,1H3,(H,23,24,25). The van der Waals surface area contributed by atoms with E-state index < -0.39 is 0 Å². The maximum absolute atomic E-state index is 5.26. The van der Waals surface area contributed by atoms with E-state index in [1.807, 2.05) is 24.4 Å². The molecule has 1 saturated heterocycles. The van der Waals surface area contributed by atoms with Gasteiger partial charge in [-0.25, -0.2) is 4.98 Å². The van der Waals surface area contributed by atoms with Crippen LogP contribution in [-0.2, 0) is 0 Å². The van der Waals surface area contributed by atoms with Crippen LogP contribution in [0.1, 0.15) is 38.5 Å². The molecule has 1 saturated carbocycles. The number of hydrogen-bond donors (Lipinski definition) is 1. The van der Waals surface area contributed by atoms with E-state index in [1.54, 1.807) is 7.11 Å². The molecule has 1 aromatic carbocycles. The Morgan fingerprint density at radius 1 is 0.893 bits per heavy atom. The summed E-state index contributed by atoms with van der Waals surface area (Å²) in [4.78, 5) is 14.1. The monoisotopic (exact) mass is 381 g/mol. The second-order valence-corrected chi connectivity index (χ2v) is 7.74. The van der Waals surface area contributed by atoms with Crippen LogP contribution in [0, 0.1) is 0 Å². The van der Waals surface area contributed by atoms with E-state index in [0.29, 0.717) is 6.04 Å². The van der Waals surface area contributed by atoms with Crippen LogP contribution in [0.15, 0.2) is 36.5 Å². The number of piperazine rings is 1. The molecule has 2 aliphatic rings. The van der Waals surface area contributed by atoms with Crippen molar-refractivity contribution in [1.29, 1.82) is 0 Å². The van der Waals surface area contributed by atoms with Crippen LogP contribution in [0.5, 0.6) is 5.75 Å². The van der Waals surface area contributed by atoms with E-state index in [0.717, 1.165) is 43.7 Å². The summed E-state index contributed by atoms with van der Waals surface area (Å²) in [5, 5.41) is 3.57. The summed E-state index contributed by atoms with van der Waals surface area (Å²) in [7, 11) is 1.70. The van der Waals surface area contributed by atoms with Crippen LogP contribution in [0.2, 0.25) is 0 Å². The Hall–Kier alpha value is -2.50. The highest BCUT2D eigenvalue weighted by Gasteiger charge is 2.19. The molecule has 2 fully saturated rings. The Bertz CT molecular complexity index is 735. The zero-order valence-electron chi connectivity index (χ0n) is 16.8. The molecule has 0 radical (unpaired) electrons. The molecule has 6 nitrogen and oxygen atoms in total. The van der Waals surface area contributed by atoms with Crippen molar-refractivity contribution in [2.24, 2.45) is 0 Å². The molecule has 0 bridgehead atoms. The average Bonchev–Trinajstić information content (AvgIpc) is 3.03. The summed E-state index contributed by atoms with van der Waals surface area (Å²) < 4.78 is 5.26. The van der Waals surface area contributed by atoms with Gasteiger partial charge in [0.2, 0.25) is 5.95 Å². The minimum absolute atomic E-state index is 0.518. The molecule has 6 heteroatoms. The zero-order chi connectivity index (χ0) is 19.2. The molecule has 1 aromatic heterocycles. The normalized spacial score (nSPS) is 18.6. The Morgan fingerprint density at radius 3 is 2.25 bits per heavy atom. The Balaban J connectivity index is 1.35. The fraction of sp³-hybridized carbons (Fsp3) is 0.545. The molecular weight excluding hydrogens is 350 g/mol. The molecule has 150 valence electrons. The predicted molar refractivity (Wildman–Crippen MR) is 115 cm³/mol. The molecule has 28 heavy (non-hydrogen) atoms. The quantitative estimate of drug-likeness (QED) is 0.792. The molecule has 1 aliphatic carbocycles. The summed E-state index contributed by atoms with van der Waals surface area (Å²) in [5.41, 5.74) is 1.25. The number of anilines is 3. The van der Waals surface area contributed by atoms with Gasteiger partial charge in [0.15, 0.2) is 0 Å². The van der Waals surface area contributed by atoms with Gasteiger partial charge in [-0.15, -0.1) is 0 Å². The van der Waals surface area contributed by atoms with Gasteiger partial charge in [0, 0.05) is 44.1 Å². The topological polar surface area (TPSA) is 53.5 Å². The molecule has 4 rings (SSSR count). The predicted octanol–water partition coefficient (Wildman–Crippen LogP) is 3.95. The fourth-order valence-electron chi connectivity index (χ4n) is 4.19. The molecule has 0 atom stereocenters. The SMILES string of the molecule is COc1ccc(N2CCN(c3ccnc(NC4CCCCCC4)n3)CC2)cc1. The van der Waals surface area contributed by atoms with Crippen LogP contribution < -0.4 is 19.9 Å². The van der Waals surface area contributed by atoms with Gasteiger partial charge in [0.1, 0.15) is 11.6 Å². The van der Waals surface area contributed by atoms with Gasteiger partial charge in [-0.2, -0.15) is 4.98 Å². The first-order valence-electron chi connectivity index (χ1n) is 10.6. The van der Waals surface area contributed by atoms with Crippen LogP contribution in [0.4, 0.5) is 17.5 Å². The first kappa shape index (κ1) is 18.8. The van der Waals surface area contributed by atoms with Crippen molar-refractivity contribution in [1.82, 2.24) is 9.97 Å². The smallest absolute Gasteiger partial charge is 0.224 e. The Labute approximate surface area is 167 Å². The summed E-state index contributed by atoms with van der Waals surface area (Å²) >= 11 is 0. The van der Waals surface area contributed by atoms with E-state index in [2.05, 4.69) is 32.2 Å². The van der Waals surface area contributed by atoms with Crippen molar-refractivity contribution in [3.63, 3.8) is 0 Å². The third-order valence-electron chi connectivity index (χ3n) is 5.87. The highest BCUT2D eigenvalue weighted by atomic mass is 16.5. The highest BCUT2D eigenvalue weighted by Crippen LogP contribution is 2.23. The molecule has 0 spiro atoms. The molecule has 0 unspecified atom stereocenters. The van der Waals surface area contributed by atoms with Gasteiger partial charge < -0.3 is 19.9 Å². The highest BCUT2D eigenvalue weighted by molar-refractivity contribution is 5.51. The van der Waals surface area contributed by atoms with Crippen LogP contribution >= 0.6 is 0 Å². The van der Waals surface area contributed by atoms with E-state index in [9.17, 15) is 0 Å². The number of methoxy groups -OCH3 is 1. The minimum Gasteiger partial charge on any atom is -0.497 e. The number of aromatic nitrogens is 2. The van der Waals surface area contributed by atoms with Crippen molar-refractivity contribution >= 4 is 17.5 Å². The third-order valence-corrected chi connectivity index (χ3v) is 5.87. The van der Waals surface area contributed by atoms with E-state index in [1.165, 1.54) is 44.2 Å². The molecule has 2 heterocycles. The van der Waals surface area contributed by atoms with Crippen molar-refractivity contribution in [3.8, 4) is 5.75 Å². The number of ether oxygens (including phenoxy) is 1. The van der Waals surface area contributed by atoms with Crippen LogP contribution in [-0.4, -0.2) is 49.3 Å². The summed E-state index contributed by atoms with van der Waals surface area (Å²) in [6, 6.07) is 10.9. The van der Waals surface area contributed by atoms with Crippen molar-refractivity contribution in [3.05, 3.63) is 36.5 Å². The summed E-state index contributed by atoms with van der Waals surface area (Å²) in [6.07, 6.45) is 9.68. The number of hydrogen-bond acceptors (Lipinski definition) is 6. The van der Waals surface area contributed by atoms with E-state index >= 15 is 0 Å². The summed E-state index contributed by atoms with van der Waals surface area (Å²) in [5.74, 6) is 2.71. The lowest BCUT2D eigenvalue weighted by molar-refractivity contribution is 0.415. The summed E-state index contributed by atoms with van der Waals surface area (Å²) in [6.45, 7) is 3.90. The van der Waals surface area contributed by atoms with Crippen LogP contribution in [0.3, 0.4) is 0 Å². The van der Waals surface area contributed by atoms with Gasteiger partial charge in [-0.05, 0) is 43.2 Å². The van der Waals surface area contributed by atoms with E-state index in [-0.39, 0.29) is 0 Å². The lowest BCUT2D eigenvalue weighted by Crippen LogP contribution is -2.46. The maximum Gasteiger partial charge on any atom is 0.224 e. The third kappa shape index (κ3) is 4.66. The van der Waals surface area contributed by atoms with Gasteiger partial charge >= 0.3 is 0 Å². The number of benzene rings is 1. The van der Waals surface area contributed by atoms with Gasteiger partial charge in [0.25, 0.3) is 0 Å². The molecular formula is C22H31N5O. The number of nitrogens with zero attached hydrogens (tertiary/aromatic N) is 4. The van der Waals surface area contributed by atoms with Gasteiger partial charge in [-0.3, -0.25) is 0 Å². The minimum atomic E-state index is 0.518. The molecule has 1 N–H and O–H groups in total. The molecule has 1 aliphatic heterocycles. The zero-order valence-corrected chi connectivity index (χ0v) is 16.8. The van der Waals surface area contributed by atoms with Gasteiger partial charge in [-0.1, -0.05) is 25.7 Å². The lowest BCUT2D eigenvalue weighted by Gasteiger charge is -2.36. The fourth-order valence-corrected chi connectivity index (χ4v) is 4.19. The second-order valence-electron chi connectivity index (χ2n) is 7.74. The molecule has 0 amide bonds. The lowest BCUT2D eigenvalue weighted by atomic mass is 10.1. The largest absolute Gasteiger partial charge is 0.497 e. The average molecular weight is 382 g/mol. The number of rotatable bonds is 5. The van der Waals surface area contributed by atoms with Gasteiger partial charge in [0.05, 0.1) is 7.11 Å². The van der Waals surface area contributed by atoms with Crippen molar-refractivity contribution in [2.75, 3.05) is 48.4 Å². The first-order valence-corrected chi connectivity index (χ1v) is 10.6. The Morgan fingerprint density at radius 2 is 1.57 bits per heavy atom.